The van der Waals surface area contributed by atoms with Crippen molar-refractivity contribution in [3.63, 3.8) is 0 Å². The van der Waals surface area contributed by atoms with Crippen molar-refractivity contribution in [2.24, 2.45) is 0 Å². The molecule has 1 aliphatic rings. The molecule has 0 aromatic heterocycles. The number of nitrogen functional groups attached to an aromatic ring is 1. The van der Waals surface area contributed by atoms with Crippen LogP contribution in [0.5, 0.6) is 0 Å². The largest absolute Gasteiger partial charge is 0.444 e. The summed E-state index contributed by atoms with van der Waals surface area (Å²) < 4.78 is 26.4. The molecule has 2 atom stereocenters. The highest BCUT2D eigenvalue weighted by Crippen LogP contribution is 2.36. The number of rotatable bonds is 2. The first-order valence-electron chi connectivity index (χ1n) is 7.19. The first-order valence-corrected chi connectivity index (χ1v) is 8.29. The number of amides is 1. The molecule has 0 radical (unpaired) electrons. The molecule has 3 N–H and O–H groups in total. The molecule has 2 rings (SSSR count). The number of nitrogens with two attached hydrogens (primary N) is 1. The lowest BCUT2D eigenvalue weighted by Gasteiger charge is -2.29. The fourth-order valence-corrected chi connectivity index (χ4v) is 3.20. The molecule has 1 unspecified atom stereocenters. The van der Waals surface area contributed by atoms with E-state index in [0.29, 0.717) is 24.2 Å². The number of carbonyl (C=O) groups excluding carboxylic acids is 1. The monoisotopic (exact) mass is 326 g/mol. The van der Waals surface area contributed by atoms with Crippen molar-refractivity contribution in [2.75, 3.05) is 12.3 Å². The van der Waals surface area contributed by atoms with Gasteiger partial charge >= 0.3 is 6.09 Å². The average Bonchev–Trinajstić information content (AvgIpc) is 2.85. The molecule has 1 saturated heterocycles. The van der Waals surface area contributed by atoms with Crippen molar-refractivity contribution in [3.8, 4) is 0 Å². The van der Waals surface area contributed by atoms with Gasteiger partial charge in [0.15, 0.2) is 11.1 Å². The Kier molecular flexibility index (Phi) is 4.77. The van der Waals surface area contributed by atoms with Gasteiger partial charge in [0.05, 0.1) is 10.9 Å². The molecule has 1 aromatic carbocycles. The predicted octanol–water partition coefficient (Wildman–Crippen LogP) is 2.92. The quantitative estimate of drug-likeness (QED) is 0.644. The lowest BCUT2D eigenvalue weighted by Crippen LogP contribution is -2.36. The highest BCUT2D eigenvalue weighted by atomic mass is 32.2. The van der Waals surface area contributed by atoms with Crippen LogP contribution < -0.4 is 5.73 Å². The highest BCUT2D eigenvalue weighted by Gasteiger charge is 2.35. The average molecular weight is 326 g/mol. The van der Waals surface area contributed by atoms with Crippen molar-refractivity contribution in [1.82, 2.24) is 4.90 Å². The van der Waals surface area contributed by atoms with E-state index in [1.54, 1.807) is 17.0 Å². The van der Waals surface area contributed by atoms with Crippen LogP contribution in [0.2, 0.25) is 0 Å². The second-order valence-corrected chi connectivity index (χ2v) is 7.32. The third kappa shape index (κ3) is 3.78. The van der Waals surface area contributed by atoms with Gasteiger partial charge in [-0.05, 0) is 57.4 Å². The van der Waals surface area contributed by atoms with Crippen LogP contribution in [0.4, 0.5) is 10.5 Å². The normalized spacial score (nSPS) is 20.0. The van der Waals surface area contributed by atoms with Crippen molar-refractivity contribution >= 4 is 22.9 Å². The van der Waals surface area contributed by atoms with E-state index in [4.69, 9.17) is 10.5 Å². The molecule has 1 aliphatic heterocycles. The second-order valence-electron chi connectivity index (χ2n) is 6.38. The molecule has 7 heteroatoms. The lowest BCUT2D eigenvalue weighted by molar-refractivity contribution is 0.0222. The number of hydrogen-bond acceptors (Lipinski definition) is 4. The molecule has 0 spiro atoms. The lowest BCUT2D eigenvalue weighted by atomic mass is 10.0. The summed E-state index contributed by atoms with van der Waals surface area (Å²) in [6.45, 7) is 5.99. The van der Waals surface area contributed by atoms with E-state index >= 15 is 0 Å². The van der Waals surface area contributed by atoms with Crippen molar-refractivity contribution in [2.45, 2.75) is 50.2 Å². The summed E-state index contributed by atoms with van der Waals surface area (Å²) in [7, 11) is 0. The van der Waals surface area contributed by atoms with Gasteiger partial charge in [-0.3, -0.25) is 0 Å². The van der Waals surface area contributed by atoms with Crippen LogP contribution in [0.3, 0.4) is 0 Å². The molecule has 22 heavy (non-hydrogen) atoms. The smallest absolute Gasteiger partial charge is 0.410 e. The van der Waals surface area contributed by atoms with E-state index in [0.717, 1.165) is 6.42 Å². The number of carbonyl (C=O) groups is 1. The second kappa shape index (κ2) is 6.26. The van der Waals surface area contributed by atoms with Gasteiger partial charge in [0.1, 0.15) is 5.60 Å². The Morgan fingerprint density at radius 1 is 1.45 bits per heavy atom. The predicted molar refractivity (Wildman–Crippen MR) is 84.8 cm³/mol. The Bertz CT molecular complexity index is 598. The van der Waals surface area contributed by atoms with Crippen LogP contribution in [0.25, 0.3) is 0 Å². The van der Waals surface area contributed by atoms with Crippen LogP contribution in [-0.4, -0.2) is 31.9 Å². The van der Waals surface area contributed by atoms with Crippen molar-refractivity contribution in [3.05, 3.63) is 23.8 Å². The van der Waals surface area contributed by atoms with Gasteiger partial charge in [-0.25, -0.2) is 9.00 Å². The third-order valence-electron chi connectivity index (χ3n) is 3.46. The summed E-state index contributed by atoms with van der Waals surface area (Å²) in [6.07, 6.45) is 1.12. The van der Waals surface area contributed by atoms with E-state index in [9.17, 15) is 13.6 Å². The Morgan fingerprint density at radius 3 is 2.73 bits per heavy atom. The van der Waals surface area contributed by atoms with E-state index in [1.165, 1.54) is 6.07 Å². The van der Waals surface area contributed by atoms with Gasteiger partial charge in [0.2, 0.25) is 0 Å². The summed E-state index contributed by atoms with van der Waals surface area (Å²) in [5.41, 5.74) is 6.34. The van der Waals surface area contributed by atoms with Crippen molar-refractivity contribution < 1.29 is 18.3 Å². The van der Waals surface area contributed by atoms with Crippen LogP contribution in [0.1, 0.15) is 45.2 Å². The third-order valence-corrected chi connectivity index (χ3v) is 4.21. The van der Waals surface area contributed by atoms with Gasteiger partial charge in [0, 0.05) is 12.2 Å². The number of ether oxygens (including phenoxy) is 1. The number of hydrogen-bond donors (Lipinski definition) is 2. The summed E-state index contributed by atoms with van der Waals surface area (Å²) in [5, 5.41) is 0. The maximum absolute atomic E-state index is 12.3. The van der Waals surface area contributed by atoms with Gasteiger partial charge in [-0.15, -0.1) is 0 Å². The Labute approximate surface area is 132 Å². The maximum atomic E-state index is 12.3. The molecule has 1 aromatic rings. The Balaban J connectivity index is 2.33. The molecule has 0 bridgehead atoms. The van der Waals surface area contributed by atoms with Gasteiger partial charge in [-0.1, -0.05) is 0 Å². The summed E-state index contributed by atoms with van der Waals surface area (Å²) >= 11 is -2.13. The zero-order valence-corrected chi connectivity index (χ0v) is 13.9. The first-order chi connectivity index (χ1) is 10.2. The molecular weight excluding hydrogens is 304 g/mol. The molecular formula is C15H22N2O4S. The topological polar surface area (TPSA) is 92.9 Å². The minimum absolute atomic E-state index is 0.287. The van der Waals surface area contributed by atoms with E-state index in [1.807, 2.05) is 20.8 Å². The fraction of sp³-hybridized carbons (Fsp3) is 0.533. The minimum atomic E-state index is -2.13. The van der Waals surface area contributed by atoms with Gasteiger partial charge in [0.25, 0.3) is 0 Å². The number of likely N-dealkylation sites (tertiary alicyclic amines) is 1. The minimum Gasteiger partial charge on any atom is -0.444 e. The molecule has 122 valence electrons. The van der Waals surface area contributed by atoms with Crippen LogP contribution in [0, 0.1) is 0 Å². The molecule has 6 nitrogen and oxygen atoms in total. The van der Waals surface area contributed by atoms with E-state index in [-0.39, 0.29) is 10.9 Å². The number of nitrogens with zero attached hydrogens (tertiary/aromatic N) is 1. The molecule has 1 heterocycles. The Morgan fingerprint density at radius 2 is 2.14 bits per heavy atom. The standard InChI is InChI=1S/C15H22N2O4S/c1-15(2,3)21-14(18)17-8-4-5-12(17)11-9-10(16)6-7-13(11)22(19)20/h6-7,9,12H,4-5,8,16H2,1-3H3,(H,19,20)/t12-/m0/s1. The van der Waals surface area contributed by atoms with Gasteiger partial charge < -0.3 is 19.9 Å². The van der Waals surface area contributed by atoms with E-state index in [2.05, 4.69) is 0 Å². The first kappa shape index (κ1) is 16.8. The van der Waals surface area contributed by atoms with Crippen LogP contribution >= 0.6 is 0 Å². The number of anilines is 1. The summed E-state index contributed by atoms with van der Waals surface area (Å²) in [4.78, 5) is 14.2. The highest BCUT2D eigenvalue weighted by molar-refractivity contribution is 7.79. The van der Waals surface area contributed by atoms with Crippen LogP contribution in [0.15, 0.2) is 23.1 Å². The fourth-order valence-electron chi connectivity index (χ4n) is 2.62. The van der Waals surface area contributed by atoms with E-state index < -0.39 is 22.8 Å². The molecule has 1 fully saturated rings. The zero-order valence-electron chi connectivity index (χ0n) is 13.0. The summed E-state index contributed by atoms with van der Waals surface area (Å²) in [6, 6.07) is 4.49. The summed E-state index contributed by atoms with van der Waals surface area (Å²) in [5.74, 6) is 0. The van der Waals surface area contributed by atoms with Crippen LogP contribution in [-0.2, 0) is 15.8 Å². The molecule has 0 aliphatic carbocycles. The SMILES string of the molecule is CC(C)(C)OC(=O)N1CCC[C@H]1c1cc(N)ccc1S(=O)O. The Hall–Kier alpha value is -1.60. The molecule has 1 amide bonds. The number of benzene rings is 1. The zero-order chi connectivity index (χ0) is 16.5. The van der Waals surface area contributed by atoms with Crippen molar-refractivity contribution in [1.29, 1.82) is 0 Å². The van der Waals surface area contributed by atoms with Gasteiger partial charge in [-0.2, -0.15) is 0 Å². The molecule has 0 saturated carbocycles. The maximum Gasteiger partial charge on any atom is 0.410 e.